The zero-order valence-electron chi connectivity index (χ0n) is 29.7. The molecule has 0 aliphatic carbocycles. The van der Waals surface area contributed by atoms with Crippen molar-refractivity contribution in [1.82, 2.24) is 30.7 Å². The lowest BCUT2D eigenvalue weighted by atomic mass is 9.73. The molecule has 7 atom stereocenters. The Hall–Kier alpha value is -1.48. The molecule has 5 heterocycles. The van der Waals surface area contributed by atoms with Gasteiger partial charge in [0.2, 0.25) is 11.8 Å². The Labute approximate surface area is 286 Å². The van der Waals surface area contributed by atoms with Crippen molar-refractivity contribution < 1.29 is 23.1 Å². The van der Waals surface area contributed by atoms with Crippen LogP contribution in [0.15, 0.2) is 0 Å². The number of carbonyl (C=O) groups excluding carboxylic acids is 2. The van der Waals surface area contributed by atoms with E-state index < -0.39 is 42.6 Å². The molecule has 0 saturated carbocycles. The first kappa shape index (κ1) is 37.8. The molecule has 7 unspecified atom stereocenters. The van der Waals surface area contributed by atoms with E-state index in [0.717, 1.165) is 71.5 Å². The topological polar surface area (TPSA) is 141 Å². The number of amides is 2. The summed E-state index contributed by atoms with van der Waals surface area (Å²) in [5.41, 5.74) is 12.7. The second-order valence-electron chi connectivity index (χ2n) is 16.1. The molecule has 5 aliphatic heterocycles. The lowest BCUT2D eigenvalue weighted by Crippen LogP contribution is -2.68. The summed E-state index contributed by atoms with van der Waals surface area (Å²) in [6.07, 6.45) is 4.20. The Kier molecular flexibility index (Phi) is 13.1. The van der Waals surface area contributed by atoms with E-state index in [0.29, 0.717) is 45.3 Å². The number of likely N-dealkylation sites (tertiary alicyclic amines) is 1. The van der Waals surface area contributed by atoms with Gasteiger partial charge in [-0.1, -0.05) is 26.7 Å². The van der Waals surface area contributed by atoms with Gasteiger partial charge >= 0.3 is 0 Å². The highest BCUT2D eigenvalue weighted by atomic mass is 19.1. The standard InChI is InChI=1S/C35H64F2N8O3/c1-4-5-10-34(2)11-6-7-25(36)19-41-27(18-34)29(31(38)39)32(46)42-28-21-40-20-26(37)30(28)43-12-8-24(9-13-43)33(47)44-14-16-45(17-15-44)35(3)22-48-23-35/h24-31,40-41H,4-23,38-39H2,1-3H3,(H,42,46). The van der Waals surface area contributed by atoms with Crippen LogP contribution in [0.5, 0.6) is 0 Å². The largest absolute Gasteiger partial charge is 0.377 e. The summed E-state index contributed by atoms with van der Waals surface area (Å²) in [6.45, 7) is 13.3. The number of alkyl halides is 2. The van der Waals surface area contributed by atoms with Crippen LogP contribution in [-0.2, 0) is 14.3 Å². The highest BCUT2D eigenvalue weighted by Crippen LogP contribution is 2.38. The number of piperazine rings is 1. The van der Waals surface area contributed by atoms with Crippen LogP contribution in [0.4, 0.5) is 8.78 Å². The van der Waals surface area contributed by atoms with Crippen LogP contribution in [0.3, 0.4) is 0 Å². The fourth-order valence-corrected chi connectivity index (χ4v) is 9.07. The quantitative estimate of drug-likeness (QED) is 0.216. The second-order valence-corrected chi connectivity index (χ2v) is 16.1. The van der Waals surface area contributed by atoms with Crippen LogP contribution in [-0.4, -0.2) is 141 Å². The minimum Gasteiger partial charge on any atom is -0.377 e. The van der Waals surface area contributed by atoms with Gasteiger partial charge in [-0.25, -0.2) is 8.78 Å². The van der Waals surface area contributed by atoms with Crippen molar-refractivity contribution in [3.8, 4) is 0 Å². The predicted octanol–water partition coefficient (Wildman–Crippen LogP) is 1.35. The molecule has 2 amide bonds. The van der Waals surface area contributed by atoms with Gasteiger partial charge in [0.15, 0.2) is 0 Å². The van der Waals surface area contributed by atoms with Gasteiger partial charge in [-0.15, -0.1) is 0 Å². The molecule has 0 spiro atoms. The van der Waals surface area contributed by atoms with E-state index >= 15 is 4.39 Å². The van der Waals surface area contributed by atoms with E-state index in [1.807, 2.05) is 4.90 Å². The third-order valence-electron chi connectivity index (χ3n) is 12.2. The number of nitrogens with one attached hydrogen (secondary N) is 3. The van der Waals surface area contributed by atoms with Gasteiger partial charge in [0.25, 0.3) is 0 Å². The van der Waals surface area contributed by atoms with Crippen molar-refractivity contribution in [2.24, 2.45) is 28.7 Å². The molecule has 5 aliphatic rings. The van der Waals surface area contributed by atoms with Gasteiger partial charge < -0.3 is 37.1 Å². The monoisotopic (exact) mass is 683 g/mol. The van der Waals surface area contributed by atoms with Gasteiger partial charge in [0.1, 0.15) is 12.3 Å². The molecule has 5 rings (SSSR count). The van der Waals surface area contributed by atoms with Crippen LogP contribution in [0.2, 0.25) is 0 Å². The molecule has 0 bridgehead atoms. The highest BCUT2D eigenvalue weighted by Gasteiger charge is 2.45. The molecule has 0 aromatic heterocycles. The summed E-state index contributed by atoms with van der Waals surface area (Å²) in [5, 5.41) is 9.65. The second kappa shape index (κ2) is 16.7. The van der Waals surface area contributed by atoms with E-state index in [2.05, 4.69) is 46.5 Å². The van der Waals surface area contributed by atoms with Crippen LogP contribution < -0.4 is 27.4 Å². The Morgan fingerprint density at radius 3 is 2.33 bits per heavy atom. The lowest BCUT2D eigenvalue weighted by molar-refractivity contribution is -0.153. The van der Waals surface area contributed by atoms with Crippen LogP contribution in [0.1, 0.15) is 78.6 Å². The maximum Gasteiger partial charge on any atom is 0.227 e. The first-order valence-electron chi connectivity index (χ1n) is 18.8. The molecule has 13 heteroatoms. The third kappa shape index (κ3) is 9.05. The molecule has 11 nitrogen and oxygen atoms in total. The molecular formula is C35H64F2N8O3. The molecule has 5 fully saturated rings. The first-order valence-corrected chi connectivity index (χ1v) is 18.8. The molecule has 0 radical (unpaired) electrons. The number of carbonyl (C=O) groups is 2. The number of nitrogens with zero attached hydrogens (tertiary/aromatic N) is 3. The van der Waals surface area contributed by atoms with Gasteiger partial charge in [0, 0.05) is 57.8 Å². The predicted molar refractivity (Wildman–Crippen MR) is 184 cm³/mol. The highest BCUT2D eigenvalue weighted by molar-refractivity contribution is 5.80. The van der Waals surface area contributed by atoms with Crippen LogP contribution in [0, 0.1) is 17.3 Å². The molecule has 0 aromatic rings. The van der Waals surface area contributed by atoms with Crippen LogP contribution in [0.25, 0.3) is 0 Å². The molecule has 48 heavy (non-hydrogen) atoms. The number of hydrogen-bond acceptors (Lipinski definition) is 9. The summed E-state index contributed by atoms with van der Waals surface area (Å²) >= 11 is 0. The Balaban J connectivity index is 1.20. The van der Waals surface area contributed by atoms with Crippen molar-refractivity contribution in [1.29, 1.82) is 0 Å². The van der Waals surface area contributed by atoms with Crippen molar-refractivity contribution in [2.45, 2.75) is 121 Å². The molecular weight excluding hydrogens is 618 g/mol. The van der Waals surface area contributed by atoms with E-state index in [1.165, 1.54) is 0 Å². The van der Waals surface area contributed by atoms with Gasteiger partial charge in [0.05, 0.1) is 42.9 Å². The summed E-state index contributed by atoms with van der Waals surface area (Å²) in [7, 11) is 0. The average Bonchev–Trinajstić information content (AvgIpc) is 3.11. The molecule has 0 aromatic carbocycles. The zero-order chi connectivity index (χ0) is 34.5. The number of hydrogen-bond donors (Lipinski definition) is 5. The Morgan fingerprint density at radius 2 is 1.71 bits per heavy atom. The lowest BCUT2D eigenvalue weighted by Gasteiger charge is -2.50. The summed E-state index contributed by atoms with van der Waals surface area (Å²) in [5.74, 6) is -0.966. The van der Waals surface area contributed by atoms with Crippen molar-refractivity contribution in [2.75, 3.05) is 72.1 Å². The molecule has 7 N–H and O–H groups in total. The van der Waals surface area contributed by atoms with E-state index in [-0.39, 0.29) is 41.8 Å². The summed E-state index contributed by atoms with van der Waals surface area (Å²) in [6, 6.07) is -1.40. The van der Waals surface area contributed by atoms with E-state index in [1.54, 1.807) is 0 Å². The zero-order valence-corrected chi connectivity index (χ0v) is 29.7. The molecule has 276 valence electrons. The number of ether oxygens (including phenoxy) is 1. The van der Waals surface area contributed by atoms with E-state index in [4.69, 9.17) is 16.2 Å². The minimum absolute atomic E-state index is 0.0663. The Morgan fingerprint density at radius 1 is 1.00 bits per heavy atom. The van der Waals surface area contributed by atoms with E-state index in [9.17, 15) is 14.0 Å². The number of unbranched alkanes of at least 4 members (excludes halogenated alkanes) is 1. The normalized spacial score (nSPS) is 35.2. The van der Waals surface area contributed by atoms with Crippen LogP contribution >= 0.6 is 0 Å². The maximum atomic E-state index is 15.7. The number of halogens is 2. The van der Waals surface area contributed by atoms with Crippen molar-refractivity contribution in [3.05, 3.63) is 0 Å². The number of nitrogens with two attached hydrogens (primary N) is 2. The third-order valence-corrected chi connectivity index (χ3v) is 12.2. The fraction of sp³-hybridized carbons (Fsp3) is 0.943. The summed E-state index contributed by atoms with van der Waals surface area (Å²) in [4.78, 5) is 34.1. The minimum atomic E-state index is -1.18. The smallest absolute Gasteiger partial charge is 0.227 e. The van der Waals surface area contributed by atoms with Crippen molar-refractivity contribution in [3.63, 3.8) is 0 Å². The number of piperidine rings is 2. The van der Waals surface area contributed by atoms with Gasteiger partial charge in [-0.05, 0) is 70.4 Å². The van der Waals surface area contributed by atoms with Crippen molar-refractivity contribution >= 4 is 11.8 Å². The number of rotatable bonds is 10. The fourth-order valence-electron chi connectivity index (χ4n) is 9.07. The SMILES string of the molecule is CCCCC1(C)CCCC(F)CNC(C(C(=O)NC2CNCC(F)C2N2CCC(C(=O)N3CCN(C4(C)COC4)CC3)CC2)C(N)N)C1. The average molecular weight is 683 g/mol. The van der Waals surface area contributed by atoms with Gasteiger partial charge in [-0.2, -0.15) is 0 Å². The maximum absolute atomic E-state index is 15.7. The van der Waals surface area contributed by atoms with Gasteiger partial charge in [-0.3, -0.25) is 19.4 Å². The Bertz CT molecular complexity index is 1050. The summed E-state index contributed by atoms with van der Waals surface area (Å²) < 4.78 is 35.9. The first-order chi connectivity index (χ1) is 22.9. The molecule has 5 saturated heterocycles.